The van der Waals surface area contributed by atoms with E-state index in [0.29, 0.717) is 5.56 Å². The largest absolute Gasteiger partial charge is 0.573 e. The molecule has 0 heterocycles. The number of rotatable bonds is 5. The number of para-hydroxylation sites is 1. The highest BCUT2D eigenvalue weighted by molar-refractivity contribution is 6.43. The zero-order valence-corrected chi connectivity index (χ0v) is 12.6. The maximum Gasteiger partial charge on any atom is 0.573 e. The molecule has 0 unspecified atom stereocenters. The summed E-state index contributed by atoms with van der Waals surface area (Å²) in [5.41, 5.74) is 7.07. The zero-order valence-electron chi connectivity index (χ0n) is 11.0. The van der Waals surface area contributed by atoms with Gasteiger partial charge in [0.15, 0.2) is 0 Å². The van der Waals surface area contributed by atoms with Crippen LogP contribution < -0.4 is 15.6 Å². The van der Waals surface area contributed by atoms with Gasteiger partial charge in [0.2, 0.25) is 0 Å². The van der Waals surface area contributed by atoms with Crippen LogP contribution in [0, 0.1) is 0 Å². The highest BCUT2D eigenvalue weighted by atomic mass is 35.5. The zero-order chi connectivity index (χ0) is 16.2. The average molecular weight is 351 g/mol. The van der Waals surface area contributed by atoms with Crippen molar-refractivity contribution < 1.29 is 17.9 Å². The minimum Gasteiger partial charge on any atom is -0.404 e. The highest BCUT2D eigenvalue weighted by Crippen LogP contribution is 2.36. The molecule has 22 heavy (non-hydrogen) atoms. The molecule has 0 atom stereocenters. The smallest absolute Gasteiger partial charge is 0.404 e. The fourth-order valence-electron chi connectivity index (χ4n) is 1.69. The lowest BCUT2D eigenvalue weighted by molar-refractivity contribution is -0.274. The summed E-state index contributed by atoms with van der Waals surface area (Å²) in [6.45, 7) is 0.222. The molecule has 0 aliphatic carbocycles. The first kappa shape index (κ1) is 16.7. The molecule has 0 aliphatic rings. The Morgan fingerprint density at radius 1 is 1.05 bits per heavy atom. The molecule has 0 saturated heterocycles. The fourth-order valence-corrected chi connectivity index (χ4v) is 2.07. The third-order valence-electron chi connectivity index (χ3n) is 2.58. The van der Waals surface area contributed by atoms with Crippen molar-refractivity contribution >= 4 is 28.9 Å². The average Bonchev–Trinajstić information content (AvgIpc) is 2.44. The van der Waals surface area contributed by atoms with Crippen LogP contribution in [0.4, 0.5) is 18.9 Å². The van der Waals surface area contributed by atoms with E-state index in [1.807, 2.05) is 30.3 Å². The Balaban J connectivity index is 2.05. The molecule has 8 heteroatoms. The molecular formula is C14H11Cl2F3N2O. The summed E-state index contributed by atoms with van der Waals surface area (Å²) in [5, 5.41) is -0.293. The van der Waals surface area contributed by atoms with Crippen molar-refractivity contribution in [3.8, 4) is 5.75 Å². The van der Waals surface area contributed by atoms with Gasteiger partial charge in [0.05, 0.1) is 5.02 Å². The van der Waals surface area contributed by atoms with Gasteiger partial charge in [0.1, 0.15) is 10.8 Å². The Labute approximate surface area is 135 Å². The minimum atomic E-state index is -4.83. The summed E-state index contributed by atoms with van der Waals surface area (Å²) < 4.78 is 40.8. The summed E-state index contributed by atoms with van der Waals surface area (Å²) in [6, 6.07) is 11.9. The molecule has 0 spiro atoms. The minimum absolute atomic E-state index is 0.0140. The number of hydrogen-bond acceptors (Lipinski definition) is 3. The van der Waals surface area contributed by atoms with E-state index in [9.17, 15) is 13.2 Å². The van der Waals surface area contributed by atoms with E-state index >= 15 is 0 Å². The summed E-state index contributed by atoms with van der Waals surface area (Å²) >= 11 is 11.5. The lowest BCUT2D eigenvalue weighted by Gasteiger charge is -2.14. The SMILES string of the molecule is FC(F)(F)Oc1cc(CNNc2ccccc2)cc(Cl)c1Cl. The molecule has 0 fully saturated rings. The van der Waals surface area contributed by atoms with Gasteiger partial charge >= 0.3 is 6.36 Å². The Kier molecular flexibility index (Phi) is 5.39. The molecule has 118 valence electrons. The third kappa shape index (κ3) is 4.98. The topological polar surface area (TPSA) is 33.3 Å². The van der Waals surface area contributed by atoms with Crippen molar-refractivity contribution in [3.63, 3.8) is 0 Å². The maximum atomic E-state index is 12.3. The van der Waals surface area contributed by atoms with Crippen LogP contribution in [-0.4, -0.2) is 6.36 Å². The van der Waals surface area contributed by atoms with Crippen molar-refractivity contribution in [1.29, 1.82) is 0 Å². The van der Waals surface area contributed by atoms with E-state index in [-0.39, 0.29) is 16.6 Å². The molecule has 0 amide bonds. The summed E-state index contributed by atoms with van der Waals surface area (Å²) in [5.74, 6) is -0.529. The van der Waals surface area contributed by atoms with Gasteiger partial charge < -0.3 is 10.2 Å². The van der Waals surface area contributed by atoms with Gasteiger partial charge in [0.25, 0.3) is 0 Å². The van der Waals surface area contributed by atoms with Gasteiger partial charge in [-0.2, -0.15) is 0 Å². The van der Waals surface area contributed by atoms with Crippen LogP contribution in [0.1, 0.15) is 5.56 Å². The number of anilines is 1. The number of halogens is 5. The first-order chi connectivity index (χ1) is 10.3. The number of hydrazine groups is 1. The van der Waals surface area contributed by atoms with Gasteiger partial charge in [-0.05, 0) is 29.8 Å². The van der Waals surface area contributed by atoms with E-state index in [0.717, 1.165) is 5.69 Å². The van der Waals surface area contributed by atoms with E-state index < -0.39 is 12.1 Å². The second-order valence-electron chi connectivity index (χ2n) is 4.28. The normalized spacial score (nSPS) is 11.3. The van der Waals surface area contributed by atoms with Crippen LogP contribution in [-0.2, 0) is 6.54 Å². The second kappa shape index (κ2) is 7.09. The third-order valence-corrected chi connectivity index (χ3v) is 3.36. The number of hydrogen-bond donors (Lipinski definition) is 2. The molecule has 2 rings (SSSR count). The quantitative estimate of drug-likeness (QED) is 0.743. The maximum absolute atomic E-state index is 12.3. The molecular weight excluding hydrogens is 340 g/mol. The molecule has 2 aromatic carbocycles. The lowest BCUT2D eigenvalue weighted by atomic mass is 10.2. The fraction of sp³-hybridized carbons (Fsp3) is 0.143. The van der Waals surface area contributed by atoms with Gasteiger partial charge in [0, 0.05) is 12.2 Å². The summed E-state index contributed by atoms with van der Waals surface area (Å²) in [7, 11) is 0. The van der Waals surface area contributed by atoms with Crippen LogP contribution in [0.3, 0.4) is 0 Å². The van der Waals surface area contributed by atoms with Crippen molar-refractivity contribution in [2.24, 2.45) is 0 Å². The number of ether oxygens (including phenoxy) is 1. The Morgan fingerprint density at radius 2 is 1.73 bits per heavy atom. The van der Waals surface area contributed by atoms with Crippen LogP contribution >= 0.6 is 23.2 Å². The predicted molar refractivity (Wildman–Crippen MR) is 80.0 cm³/mol. The second-order valence-corrected chi connectivity index (χ2v) is 5.07. The van der Waals surface area contributed by atoms with Crippen molar-refractivity contribution in [1.82, 2.24) is 5.43 Å². The number of alkyl halides is 3. The van der Waals surface area contributed by atoms with Crippen molar-refractivity contribution in [2.75, 3.05) is 5.43 Å². The molecule has 0 bridgehead atoms. The van der Waals surface area contributed by atoms with E-state index in [2.05, 4.69) is 15.6 Å². The molecule has 3 nitrogen and oxygen atoms in total. The molecule has 0 radical (unpaired) electrons. The van der Waals surface area contributed by atoms with Gasteiger partial charge in [-0.15, -0.1) is 13.2 Å². The van der Waals surface area contributed by atoms with E-state index in [1.54, 1.807) is 0 Å². The molecule has 2 N–H and O–H groups in total. The first-order valence-corrected chi connectivity index (χ1v) is 6.88. The van der Waals surface area contributed by atoms with E-state index in [1.165, 1.54) is 12.1 Å². The van der Waals surface area contributed by atoms with Crippen molar-refractivity contribution in [3.05, 3.63) is 58.1 Å². The Morgan fingerprint density at radius 3 is 2.36 bits per heavy atom. The number of nitrogens with one attached hydrogen (secondary N) is 2. The Hall–Kier alpha value is -1.63. The predicted octanol–water partition coefficient (Wildman–Crippen LogP) is 5.01. The summed E-state index contributed by atoms with van der Waals surface area (Å²) in [4.78, 5) is 0. The lowest BCUT2D eigenvalue weighted by Crippen LogP contribution is -2.21. The Bertz CT molecular complexity index is 636. The van der Waals surface area contributed by atoms with Crippen LogP contribution in [0.15, 0.2) is 42.5 Å². The highest BCUT2D eigenvalue weighted by Gasteiger charge is 2.32. The van der Waals surface area contributed by atoms with Crippen molar-refractivity contribution in [2.45, 2.75) is 12.9 Å². The molecule has 0 aliphatic heterocycles. The van der Waals surface area contributed by atoms with Gasteiger partial charge in [-0.1, -0.05) is 41.4 Å². The molecule has 2 aromatic rings. The van der Waals surface area contributed by atoms with Crippen LogP contribution in [0.5, 0.6) is 5.75 Å². The van der Waals surface area contributed by atoms with Crippen LogP contribution in [0.25, 0.3) is 0 Å². The van der Waals surface area contributed by atoms with Crippen LogP contribution in [0.2, 0.25) is 10.0 Å². The van der Waals surface area contributed by atoms with Gasteiger partial charge in [-0.3, -0.25) is 0 Å². The molecule has 0 saturated carbocycles. The monoisotopic (exact) mass is 350 g/mol. The van der Waals surface area contributed by atoms with Gasteiger partial charge in [-0.25, -0.2) is 5.43 Å². The summed E-state index contributed by atoms with van der Waals surface area (Å²) in [6.07, 6.45) is -4.83. The molecule has 0 aromatic heterocycles. The van der Waals surface area contributed by atoms with E-state index in [4.69, 9.17) is 23.2 Å². The standard InChI is InChI=1S/C14H11Cl2F3N2O/c15-11-6-9(7-12(13(11)16)22-14(17,18)19)8-20-21-10-4-2-1-3-5-10/h1-7,20-21H,8H2. The first-order valence-electron chi connectivity index (χ1n) is 6.13. The number of benzene rings is 2.